The van der Waals surface area contributed by atoms with E-state index in [1.807, 2.05) is 0 Å². The number of hydrogen-bond acceptors (Lipinski definition) is 4. The molecule has 104 valence electrons. The summed E-state index contributed by atoms with van der Waals surface area (Å²) in [5.74, 6) is -0.171. The van der Waals surface area contributed by atoms with Gasteiger partial charge in [0, 0.05) is 24.8 Å². The van der Waals surface area contributed by atoms with E-state index in [1.54, 1.807) is 11.0 Å². The highest BCUT2D eigenvalue weighted by atomic mass is 16.3. The Morgan fingerprint density at radius 2 is 2.21 bits per heavy atom. The van der Waals surface area contributed by atoms with E-state index < -0.39 is 0 Å². The van der Waals surface area contributed by atoms with Crippen molar-refractivity contribution in [2.24, 2.45) is 0 Å². The van der Waals surface area contributed by atoms with Gasteiger partial charge in [-0.15, -0.1) is 0 Å². The fourth-order valence-corrected chi connectivity index (χ4v) is 2.56. The molecule has 0 aromatic heterocycles. The fourth-order valence-electron chi connectivity index (χ4n) is 2.56. The Bertz CT molecular complexity index is 460. The van der Waals surface area contributed by atoms with Crippen molar-refractivity contribution in [1.82, 2.24) is 4.90 Å². The summed E-state index contributed by atoms with van der Waals surface area (Å²) in [5.41, 5.74) is 6.24. The summed E-state index contributed by atoms with van der Waals surface area (Å²) < 4.78 is 0. The molecule has 2 rings (SSSR count). The molecule has 1 saturated heterocycles. The molecule has 1 aliphatic heterocycles. The molecule has 0 spiro atoms. The number of likely N-dealkylation sites (tertiary alicyclic amines) is 1. The van der Waals surface area contributed by atoms with Crippen molar-refractivity contribution in [1.29, 1.82) is 0 Å². The number of rotatable bonds is 3. The molecule has 1 amide bonds. The van der Waals surface area contributed by atoms with Crippen LogP contribution < -0.4 is 5.73 Å². The van der Waals surface area contributed by atoms with E-state index in [0.717, 1.165) is 19.3 Å². The summed E-state index contributed by atoms with van der Waals surface area (Å²) in [7, 11) is 0. The molecule has 1 atom stereocenters. The molecule has 0 radical (unpaired) electrons. The van der Waals surface area contributed by atoms with Crippen molar-refractivity contribution in [3.05, 3.63) is 23.8 Å². The fraction of sp³-hybridized carbons (Fsp3) is 0.500. The molecule has 1 aliphatic rings. The number of aliphatic hydroxyl groups is 1. The molecule has 1 heterocycles. The zero-order valence-electron chi connectivity index (χ0n) is 10.9. The van der Waals surface area contributed by atoms with Crippen LogP contribution in [0.25, 0.3) is 0 Å². The number of nitrogens with two attached hydrogens (primary N) is 1. The van der Waals surface area contributed by atoms with Crippen molar-refractivity contribution in [2.45, 2.75) is 31.7 Å². The molecule has 0 bridgehead atoms. The number of aliphatic hydroxyl groups excluding tert-OH is 1. The SMILES string of the molecule is Nc1ccc(C(=O)N2CCCCC2CCO)cc1O. The molecule has 1 unspecified atom stereocenters. The summed E-state index contributed by atoms with van der Waals surface area (Å²) in [6, 6.07) is 4.66. The van der Waals surface area contributed by atoms with Crippen molar-refractivity contribution < 1.29 is 15.0 Å². The summed E-state index contributed by atoms with van der Waals surface area (Å²) in [4.78, 5) is 14.2. The van der Waals surface area contributed by atoms with Gasteiger partial charge in [0.25, 0.3) is 5.91 Å². The number of nitrogens with zero attached hydrogens (tertiary/aromatic N) is 1. The van der Waals surface area contributed by atoms with E-state index >= 15 is 0 Å². The summed E-state index contributed by atoms with van der Waals surface area (Å²) in [6.45, 7) is 0.788. The van der Waals surface area contributed by atoms with Crippen LogP contribution in [-0.2, 0) is 0 Å². The molecule has 0 saturated carbocycles. The lowest BCUT2D eigenvalue weighted by Gasteiger charge is -2.35. The molecular formula is C14H20N2O3. The second-order valence-electron chi connectivity index (χ2n) is 4.93. The molecule has 1 aromatic carbocycles. The van der Waals surface area contributed by atoms with Gasteiger partial charge < -0.3 is 20.8 Å². The van der Waals surface area contributed by atoms with E-state index in [9.17, 15) is 9.90 Å². The largest absolute Gasteiger partial charge is 0.506 e. The van der Waals surface area contributed by atoms with E-state index in [0.29, 0.717) is 18.5 Å². The maximum absolute atomic E-state index is 12.4. The third-order valence-electron chi connectivity index (χ3n) is 3.63. The van der Waals surface area contributed by atoms with Crippen molar-refractivity contribution in [2.75, 3.05) is 18.9 Å². The lowest BCUT2D eigenvalue weighted by atomic mass is 9.98. The first-order valence-corrected chi connectivity index (χ1v) is 6.64. The molecule has 5 nitrogen and oxygen atoms in total. The van der Waals surface area contributed by atoms with Crippen LogP contribution in [0.4, 0.5) is 5.69 Å². The highest BCUT2D eigenvalue weighted by Gasteiger charge is 2.27. The third-order valence-corrected chi connectivity index (χ3v) is 3.63. The van der Waals surface area contributed by atoms with Gasteiger partial charge in [0.2, 0.25) is 0 Å². The van der Waals surface area contributed by atoms with Gasteiger partial charge >= 0.3 is 0 Å². The maximum atomic E-state index is 12.4. The zero-order valence-corrected chi connectivity index (χ0v) is 10.9. The van der Waals surface area contributed by atoms with Gasteiger partial charge in [-0.1, -0.05) is 0 Å². The lowest BCUT2D eigenvalue weighted by molar-refractivity contribution is 0.0574. The normalized spacial score (nSPS) is 19.4. The topological polar surface area (TPSA) is 86.8 Å². The molecule has 19 heavy (non-hydrogen) atoms. The van der Waals surface area contributed by atoms with Crippen LogP contribution in [0, 0.1) is 0 Å². The number of piperidine rings is 1. The summed E-state index contributed by atoms with van der Waals surface area (Å²) in [6.07, 6.45) is 3.59. The number of benzene rings is 1. The third kappa shape index (κ3) is 2.98. The van der Waals surface area contributed by atoms with Crippen molar-refractivity contribution >= 4 is 11.6 Å². The Kier molecular flexibility index (Phi) is 4.27. The predicted molar refractivity (Wildman–Crippen MR) is 72.9 cm³/mol. The average molecular weight is 264 g/mol. The molecule has 1 fully saturated rings. The van der Waals surface area contributed by atoms with Crippen molar-refractivity contribution in [3.8, 4) is 5.75 Å². The Labute approximate surface area is 112 Å². The van der Waals surface area contributed by atoms with Gasteiger partial charge in [-0.25, -0.2) is 0 Å². The summed E-state index contributed by atoms with van der Waals surface area (Å²) in [5, 5.41) is 18.7. The van der Waals surface area contributed by atoms with Crippen LogP contribution in [0.1, 0.15) is 36.0 Å². The predicted octanol–water partition coefficient (Wildman–Crippen LogP) is 1.35. The van der Waals surface area contributed by atoms with Gasteiger partial charge in [-0.3, -0.25) is 4.79 Å². The Balaban J connectivity index is 2.18. The number of carbonyl (C=O) groups is 1. The average Bonchev–Trinajstić information content (AvgIpc) is 2.42. The quantitative estimate of drug-likeness (QED) is 0.568. The van der Waals surface area contributed by atoms with E-state index in [1.165, 1.54) is 12.1 Å². The van der Waals surface area contributed by atoms with Gasteiger partial charge in [-0.05, 0) is 43.9 Å². The number of nitrogen functional groups attached to an aromatic ring is 1. The number of phenolic OH excluding ortho intramolecular Hbond substituents is 1. The smallest absolute Gasteiger partial charge is 0.254 e. The first-order valence-electron chi connectivity index (χ1n) is 6.64. The number of phenols is 1. The maximum Gasteiger partial charge on any atom is 0.254 e. The van der Waals surface area contributed by atoms with Crippen LogP contribution in [0.3, 0.4) is 0 Å². The van der Waals surface area contributed by atoms with Crippen LogP contribution >= 0.6 is 0 Å². The van der Waals surface area contributed by atoms with Gasteiger partial charge in [0.1, 0.15) is 5.75 Å². The first kappa shape index (κ1) is 13.7. The Morgan fingerprint density at radius 1 is 1.42 bits per heavy atom. The lowest BCUT2D eigenvalue weighted by Crippen LogP contribution is -2.44. The number of anilines is 1. The van der Waals surface area contributed by atoms with E-state index in [4.69, 9.17) is 10.8 Å². The molecule has 5 heteroatoms. The standard InChI is InChI=1S/C14H20N2O3/c15-12-5-4-10(9-13(12)18)14(19)16-7-2-1-3-11(16)6-8-17/h4-5,9,11,17-18H,1-3,6-8,15H2. The molecule has 0 aliphatic carbocycles. The Morgan fingerprint density at radius 3 is 2.89 bits per heavy atom. The Hall–Kier alpha value is -1.75. The number of hydrogen-bond donors (Lipinski definition) is 3. The van der Waals surface area contributed by atoms with E-state index in [-0.39, 0.29) is 30.0 Å². The monoisotopic (exact) mass is 264 g/mol. The zero-order chi connectivity index (χ0) is 13.8. The number of carbonyl (C=O) groups excluding carboxylic acids is 1. The van der Waals surface area contributed by atoms with Crippen LogP contribution in [0.15, 0.2) is 18.2 Å². The number of amides is 1. The minimum atomic E-state index is -0.103. The minimum Gasteiger partial charge on any atom is -0.506 e. The highest BCUT2D eigenvalue weighted by molar-refractivity contribution is 5.95. The van der Waals surface area contributed by atoms with Gasteiger partial charge in [-0.2, -0.15) is 0 Å². The van der Waals surface area contributed by atoms with E-state index in [2.05, 4.69) is 0 Å². The minimum absolute atomic E-state index is 0.0680. The first-order chi connectivity index (χ1) is 9.13. The van der Waals surface area contributed by atoms with Crippen LogP contribution in [-0.4, -0.2) is 40.2 Å². The second-order valence-corrected chi connectivity index (χ2v) is 4.93. The number of aromatic hydroxyl groups is 1. The molecular weight excluding hydrogens is 244 g/mol. The van der Waals surface area contributed by atoms with Gasteiger partial charge in [0.15, 0.2) is 0 Å². The second kappa shape index (κ2) is 5.93. The summed E-state index contributed by atoms with van der Waals surface area (Å²) >= 11 is 0. The van der Waals surface area contributed by atoms with Crippen molar-refractivity contribution in [3.63, 3.8) is 0 Å². The van der Waals surface area contributed by atoms with Crippen LogP contribution in [0.5, 0.6) is 5.75 Å². The highest BCUT2D eigenvalue weighted by Crippen LogP contribution is 2.25. The van der Waals surface area contributed by atoms with Crippen LogP contribution in [0.2, 0.25) is 0 Å². The molecule has 4 N–H and O–H groups in total. The molecule has 1 aromatic rings. The van der Waals surface area contributed by atoms with Gasteiger partial charge in [0.05, 0.1) is 5.69 Å².